The maximum absolute atomic E-state index is 11.8. The van der Waals surface area contributed by atoms with Crippen molar-refractivity contribution in [1.82, 2.24) is 4.98 Å². The number of amides is 1. The molecule has 0 spiro atoms. The Morgan fingerprint density at radius 3 is 2.67 bits per heavy atom. The first-order valence-corrected chi connectivity index (χ1v) is 6.77. The molecule has 2 aromatic heterocycles. The third-order valence-electron chi connectivity index (χ3n) is 2.07. The summed E-state index contributed by atoms with van der Waals surface area (Å²) in [5.74, 6) is -1.33. The Morgan fingerprint density at radius 1 is 1.39 bits per heavy atom. The second kappa shape index (κ2) is 5.44. The Labute approximate surface area is 120 Å². The van der Waals surface area contributed by atoms with Crippen molar-refractivity contribution < 1.29 is 14.7 Å². The molecule has 7 heteroatoms. The van der Waals surface area contributed by atoms with Crippen molar-refractivity contribution in [1.29, 1.82) is 0 Å². The van der Waals surface area contributed by atoms with Crippen LogP contribution in [0.2, 0.25) is 0 Å². The van der Waals surface area contributed by atoms with Crippen molar-refractivity contribution >= 4 is 51.5 Å². The largest absolute Gasteiger partial charge is 0.477 e. The van der Waals surface area contributed by atoms with Gasteiger partial charge in [-0.3, -0.25) is 4.79 Å². The van der Waals surface area contributed by atoms with E-state index in [0.717, 1.165) is 2.88 Å². The van der Waals surface area contributed by atoms with Gasteiger partial charge in [-0.25, -0.2) is 9.78 Å². The minimum Gasteiger partial charge on any atom is -0.477 e. The number of pyridine rings is 1. The summed E-state index contributed by atoms with van der Waals surface area (Å²) in [5, 5.41) is 13.1. The minimum atomic E-state index is -1.10. The normalized spacial score (nSPS) is 10.1. The van der Waals surface area contributed by atoms with Gasteiger partial charge in [0, 0.05) is 5.38 Å². The highest BCUT2D eigenvalue weighted by Crippen LogP contribution is 2.18. The van der Waals surface area contributed by atoms with Gasteiger partial charge in [0.25, 0.3) is 5.91 Å². The van der Waals surface area contributed by atoms with E-state index in [0.29, 0.717) is 11.3 Å². The molecule has 0 bridgehead atoms. The van der Waals surface area contributed by atoms with Crippen molar-refractivity contribution in [3.05, 3.63) is 43.9 Å². The van der Waals surface area contributed by atoms with Gasteiger partial charge in [-0.15, -0.1) is 11.3 Å². The lowest BCUT2D eigenvalue weighted by molar-refractivity contribution is 0.0690. The van der Waals surface area contributed by atoms with Crippen LogP contribution in [0.4, 0.5) is 5.69 Å². The van der Waals surface area contributed by atoms with Crippen LogP contribution in [-0.4, -0.2) is 22.0 Å². The third kappa shape index (κ3) is 3.05. The number of rotatable bonds is 3. The van der Waals surface area contributed by atoms with E-state index in [4.69, 9.17) is 5.11 Å². The number of hydrogen-bond acceptors (Lipinski definition) is 4. The van der Waals surface area contributed by atoms with E-state index in [1.54, 1.807) is 11.4 Å². The lowest BCUT2D eigenvalue weighted by Gasteiger charge is -2.03. The Bertz CT molecular complexity index is 595. The molecule has 0 fully saturated rings. The van der Waals surface area contributed by atoms with E-state index >= 15 is 0 Å². The van der Waals surface area contributed by atoms with Crippen LogP contribution in [0.25, 0.3) is 0 Å². The van der Waals surface area contributed by atoms with Gasteiger partial charge in [-0.1, -0.05) is 0 Å². The van der Waals surface area contributed by atoms with Crippen LogP contribution < -0.4 is 5.32 Å². The monoisotopic (exact) mass is 374 g/mol. The zero-order valence-electron chi connectivity index (χ0n) is 8.88. The van der Waals surface area contributed by atoms with Crippen LogP contribution in [0.3, 0.4) is 0 Å². The van der Waals surface area contributed by atoms with E-state index in [1.807, 2.05) is 0 Å². The van der Waals surface area contributed by atoms with E-state index < -0.39 is 5.97 Å². The van der Waals surface area contributed by atoms with Gasteiger partial charge in [0.05, 0.1) is 20.3 Å². The lowest BCUT2D eigenvalue weighted by Crippen LogP contribution is -2.11. The summed E-state index contributed by atoms with van der Waals surface area (Å²) in [6.45, 7) is 0. The second-order valence-electron chi connectivity index (χ2n) is 3.33. The highest BCUT2D eigenvalue weighted by Gasteiger charge is 2.09. The number of carboxylic acids is 1. The predicted molar refractivity (Wildman–Crippen MR) is 76.2 cm³/mol. The van der Waals surface area contributed by atoms with Crippen LogP contribution in [0.1, 0.15) is 20.8 Å². The SMILES string of the molecule is O=C(Nc1ccc(C(=O)O)nc1)c1csc(I)c1. The molecule has 0 aromatic carbocycles. The molecular weight excluding hydrogens is 367 g/mol. The van der Waals surface area contributed by atoms with Gasteiger partial charge < -0.3 is 10.4 Å². The smallest absolute Gasteiger partial charge is 0.354 e. The molecular formula is C11H7IN2O3S. The van der Waals surface area contributed by atoms with Crippen molar-refractivity contribution in [2.75, 3.05) is 5.32 Å². The van der Waals surface area contributed by atoms with Crippen LogP contribution in [0.15, 0.2) is 29.8 Å². The fourth-order valence-electron chi connectivity index (χ4n) is 1.23. The summed E-state index contributed by atoms with van der Waals surface area (Å²) >= 11 is 3.62. The Morgan fingerprint density at radius 2 is 2.17 bits per heavy atom. The number of thiophene rings is 1. The molecule has 0 unspecified atom stereocenters. The summed E-state index contributed by atoms with van der Waals surface area (Å²) in [7, 11) is 0. The zero-order chi connectivity index (χ0) is 13.1. The highest BCUT2D eigenvalue weighted by atomic mass is 127. The molecule has 0 radical (unpaired) electrons. The van der Waals surface area contributed by atoms with Gasteiger partial charge >= 0.3 is 5.97 Å². The number of carbonyl (C=O) groups is 2. The van der Waals surface area contributed by atoms with Crippen molar-refractivity contribution in [3.8, 4) is 0 Å². The van der Waals surface area contributed by atoms with Crippen LogP contribution in [0.5, 0.6) is 0 Å². The first-order chi connectivity index (χ1) is 8.56. The Hall–Kier alpha value is -1.48. The number of aromatic nitrogens is 1. The minimum absolute atomic E-state index is 0.0573. The number of nitrogens with zero attached hydrogens (tertiary/aromatic N) is 1. The fraction of sp³-hybridized carbons (Fsp3) is 0. The molecule has 0 aliphatic rings. The highest BCUT2D eigenvalue weighted by molar-refractivity contribution is 14.1. The Balaban J connectivity index is 2.10. The standard InChI is InChI=1S/C11H7IN2O3S/c12-9-3-6(5-18-9)10(15)14-7-1-2-8(11(16)17)13-4-7/h1-5H,(H,14,15)(H,16,17). The fourth-order valence-corrected chi connectivity index (χ4v) is 2.55. The summed E-state index contributed by atoms with van der Waals surface area (Å²) in [5.41, 5.74) is 0.982. The number of hydrogen-bond donors (Lipinski definition) is 2. The summed E-state index contributed by atoms with van der Waals surface area (Å²) in [6.07, 6.45) is 1.32. The summed E-state index contributed by atoms with van der Waals surface area (Å²) < 4.78 is 1.03. The summed E-state index contributed by atoms with van der Waals surface area (Å²) in [6, 6.07) is 4.63. The molecule has 2 N–H and O–H groups in total. The predicted octanol–water partition coefficient (Wildman–Crippen LogP) is 2.70. The molecule has 1 amide bonds. The van der Waals surface area contributed by atoms with Crippen molar-refractivity contribution in [3.63, 3.8) is 0 Å². The quantitative estimate of drug-likeness (QED) is 0.810. The molecule has 2 rings (SSSR count). The lowest BCUT2D eigenvalue weighted by atomic mass is 10.3. The third-order valence-corrected chi connectivity index (χ3v) is 3.86. The molecule has 0 aliphatic carbocycles. The molecule has 18 heavy (non-hydrogen) atoms. The number of carboxylic acid groups (broad SMARTS) is 1. The van der Waals surface area contributed by atoms with E-state index in [9.17, 15) is 9.59 Å². The average Bonchev–Trinajstić information content (AvgIpc) is 2.76. The first-order valence-electron chi connectivity index (χ1n) is 4.81. The van der Waals surface area contributed by atoms with Crippen molar-refractivity contribution in [2.24, 2.45) is 0 Å². The molecule has 0 aliphatic heterocycles. The molecule has 2 heterocycles. The van der Waals surface area contributed by atoms with Crippen LogP contribution in [-0.2, 0) is 0 Å². The van der Waals surface area contributed by atoms with Gasteiger partial charge in [0.15, 0.2) is 0 Å². The van der Waals surface area contributed by atoms with Gasteiger partial charge in [0.1, 0.15) is 5.69 Å². The van der Waals surface area contributed by atoms with E-state index in [1.165, 1.54) is 29.7 Å². The van der Waals surface area contributed by atoms with E-state index in [2.05, 4.69) is 32.9 Å². The molecule has 0 saturated heterocycles. The maximum atomic E-state index is 11.8. The Kier molecular flexibility index (Phi) is 3.92. The number of aromatic carboxylic acids is 1. The molecule has 0 saturated carbocycles. The average molecular weight is 374 g/mol. The van der Waals surface area contributed by atoms with Gasteiger partial charge in [-0.05, 0) is 40.8 Å². The topological polar surface area (TPSA) is 79.3 Å². The molecule has 2 aromatic rings. The second-order valence-corrected chi connectivity index (χ2v) is 6.14. The van der Waals surface area contributed by atoms with E-state index in [-0.39, 0.29) is 11.6 Å². The first kappa shape index (κ1) is 13.0. The zero-order valence-corrected chi connectivity index (χ0v) is 11.9. The summed E-state index contributed by atoms with van der Waals surface area (Å²) in [4.78, 5) is 26.1. The van der Waals surface area contributed by atoms with Crippen LogP contribution in [0, 0.1) is 2.88 Å². The number of anilines is 1. The number of carbonyl (C=O) groups excluding carboxylic acids is 1. The number of halogens is 1. The molecule has 0 atom stereocenters. The van der Waals surface area contributed by atoms with Gasteiger partial charge in [0.2, 0.25) is 0 Å². The molecule has 92 valence electrons. The van der Waals surface area contributed by atoms with Gasteiger partial charge in [-0.2, -0.15) is 0 Å². The van der Waals surface area contributed by atoms with Crippen LogP contribution >= 0.6 is 33.9 Å². The number of nitrogens with one attached hydrogen (secondary N) is 1. The maximum Gasteiger partial charge on any atom is 0.354 e. The van der Waals surface area contributed by atoms with Crippen molar-refractivity contribution in [2.45, 2.75) is 0 Å². The molecule has 5 nitrogen and oxygen atoms in total.